The molecule has 1 aromatic carbocycles. The van der Waals surface area contributed by atoms with Crippen molar-refractivity contribution in [2.45, 2.75) is 0 Å². The second-order valence-corrected chi connectivity index (χ2v) is 2.28. The fourth-order valence-corrected chi connectivity index (χ4v) is 1.06. The molecule has 0 radical (unpaired) electrons. The summed E-state index contributed by atoms with van der Waals surface area (Å²) in [7, 11) is 0. The van der Waals surface area contributed by atoms with Crippen LogP contribution >= 0.6 is 0 Å². The summed E-state index contributed by atoms with van der Waals surface area (Å²) in [4.78, 5) is 14.2. The third-order valence-corrected chi connectivity index (χ3v) is 1.59. The minimum absolute atomic E-state index is 0.167. The van der Waals surface area contributed by atoms with Crippen LogP contribution in [-0.4, -0.2) is 11.1 Å². The van der Waals surface area contributed by atoms with E-state index in [0.29, 0.717) is 0 Å². The van der Waals surface area contributed by atoms with Crippen LogP contribution in [0.2, 0.25) is 0 Å². The zero-order valence-corrected chi connectivity index (χ0v) is 5.61. The number of carboxylic acid groups (broad SMARTS) is 1. The van der Waals surface area contributed by atoms with Crippen LogP contribution < -0.4 is 10.6 Å². The minimum Gasteiger partial charge on any atom is -0.476 e. The number of nitrogens with zero attached hydrogens (tertiary/aromatic N) is 1. The first kappa shape index (κ1) is 6.09. The predicted octanol–water partition coefficient (Wildman–Crippen LogP) is -0.487. The number of fused-ring (bicyclic) bond motifs is 1. The second kappa shape index (κ2) is 1.92. The van der Waals surface area contributed by atoms with Crippen molar-refractivity contribution in [3.63, 3.8) is 0 Å². The van der Waals surface area contributed by atoms with Crippen LogP contribution in [0.3, 0.4) is 0 Å². The van der Waals surface area contributed by atoms with Crippen LogP contribution in [0.15, 0.2) is 29.3 Å². The highest BCUT2D eigenvalue weighted by Crippen LogP contribution is 1.97. The van der Waals surface area contributed by atoms with Gasteiger partial charge in [-0.2, -0.15) is 0 Å². The van der Waals surface area contributed by atoms with Crippen molar-refractivity contribution in [1.82, 2.24) is 0 Å². The van der Waals surface area contributed by atoms with E-state index < -0.39 is 5.97 Å². The van der Waals surface area contributed by atoms with Gasteiger partial charge in [0.25, 0.3) is 0 Å². The Labute approximate surface area is 62.3 Å². The lowest BCUT2D eigenvalue weighted by Gasteiger charge is -2.03. The molecule has 0 aromatic heterocycles. The Morgan fingerprint density at radius 2 is 2.09 bits per heavy atom. The third kappa shape index (κ3) is 0.741. The number of aliphatic carboxylic acids is 1. The van der Waals surface area contributed by atoms with Crippen molar-refractivity contribution in [2.75, 3.05) is 0 Å². The van der Waals surface area contributed by atoms with Crippen molar-refractivity contribution in [1.29, 1.82) is 0 Å². The number of hydrogen-bond acceptors (Lipinski definition) is 2. The van der Waals surface area contributed by atoms with Crippen LogP contribution in [0.5, 0.6) is 0 Å². The Morgan fingerprint density at radius 3 is 2.73 bits per heavy atom. The van der Waals surface area contributed by atoms with Gasteiger partial charge in [0, 0.05) is 5.22 Å². The van der Waals surface area contributed by atoms with Gasteiger partial charge in [0.2, 0.25) is 0 Å². The molecule has 3 heteroatoms. The molecule has 0 bridgehead atoms. The Balaban J connectivity index is 2.73. The summed E-state index contributed by atoms with van der Waals surface area (Å²) in [5.41, 5.74) is 0.167. The van der Waals surface area contributed by atoms with Gasteiger partial charge in [0.1, 0.15) is 0 Å². The summed E-state index contributed by atoms with van der Waals surface area (Å²) in [5.74, 6) is -0.955. The van der Waals surface area contributed by atoms with Gasteiger partial charge in [0.15, 0.2) is 5.70 Å². The average molecular weight is 147 g/mol. The highest BCUT2D eigenvalue weighted by Gasteiger charge is 2.13. The standard InChI is InChI=1S/C8H5NO2/c10-8(11)7-5-3-1-2-4-6(5)9-7/h1-4H,(H,10,11). The summed E-state index contributed by atoms with van der Waals surface area (Å²) in [5, 5.41) is 10.1. The summed E-state index contributed by atoms with van der Waals surface area (Å²) in [6.45, 7) is 0. The molecule has 1 heterocycles. The van der Waals surface area contributed by atoms with Crippen molar-refractivity contribution in [3.8, 4) is 0 Å². The maximum atomic E-state index is 10.4. The molecule has 0 spiro atoms. The van der Waals surface area contributed by atoms with Crippen molar-refractivity contribution >= 4 is 11.7 Å². The Bertz CT molecular complexity index is 434. The van der Waals surface area contributed by atoms with E-state index in [2.05, 4.69) is 4.99 Å². The lowest BCUT2D eigenvalue weighted by Crippen LogP contribution is -2.37. The molecule has 2 rings (SSSR count). The number of para-hydroxylation sites is 1. The van der Waals surface area contributed by atoms with E-state index in [1.165, 1.54) is 0 Å². The third-order valence-electron chi connectivity index (χ3n) is 1.59. The van der Waals surface area contributed by atoms with Gasteiger partial charge in [-0.05, 0) is 6.07 Å². The Hall–Kier alpha value is -1.64. The van der Waals surface area contributed by atoms with Gasteiger partial charge in [0.05, 0.1) is 5.36 Å². The number of hydrogen-bond donors (Lipinski definition) is 1. The smallest absolute Gasteiger partial charge is 0.355 e. The van der Waals surface area contributed by atoms with E-state index in [0.717, 1.165) is 10.6 Å². The maximum absolute atomic E-state index is 10.4. The zero-order chi connectivity index (χ0) is 7.84. The molecule has 3 nitrogen and oxygen atoms in total. The molecule has 1 aliphatic rings. The molecule has 0 atom stereocenters. The van der Waals surface area contributed by atoms with Crippen LogP contribution in [0.25, 0.3) is 5.70 Å². The SMILES string of the molecule is O=C(O)C1=c2ccccc2=N1. The molecule has 0 aliphatic carbocycles. The van der Waals surface area contributed by atoms with Crippen LogP contribution in [0, 0.1) is 0 Å². The normalized spacial score (nSPS) is 12.9. The minimum atomic E-state index is -0.955. The van der Waals surface area contributed by atoms with Gasteiger partial charge in [-0.1, -0.05) is 18.2 Å². The van der Waals surface area contributed by atoms with Gasteiger partial charge < -0.3 is 5.11 Å². The lowest BCUT2D eigenvalue weighted by molar-refractivity contribution is -0.130. The molecule has 0 saturated carbocycles. The van der Waals surface area contributed by atoms with Crippen LogP contribution in [0.4, 0.5) is 0 Å². The van der Waals surface area contributed by atoms with Gasteiger partial charge in [-0.3, -0.25) is 0 Å². The number of benzene rings is 1. The molecule has 0 saturated heterocycles. The first-order chi connectivity index (χ1) is 5.29. The van der Waals surface area contributed by atoms with E-state index in [1.54, 1.807) is 18.2 Å². The topological polar surface area (TPSA) is 49.7 Å². The largest absolute Gasteiger partial charge is 0.476 e. The number of rotatable bonds is 1. The molecule has 54 valence electrons. The maximum Gasteiger partial charge on any atom is 0.355 e. The predicted molar refractivity (Wildman–Crippen MR) is 38.3 cm³/mol. The summed E-state index contributed by atoms with van der Waals surface area (Å²) >= 11 is 0. The molecular formula is C8H5NO2. The summed E-state index contributed by atoms with van der Waals surface area (Å²) < 4.78 is 0. The van der Waals surface area contributed by atoms with Crippen molar-refractivity contribution in [2.24, 2.45) is 4.99 Å². The molecule has 0 amide bonds. The van der Waals surface area contributed by atoms with Gasteiger partial charge in [-0.25, -0.2) is 9.79 Å². The van der Waals surface area contributed by atoms with Gasteiger partial charge in [-0.15, -0.1) is 0 Å². The molecular weight excluding hydrogens is 142 g/mol. The first-order valence-corrected chi connectivity index (χ1v) is 3.20. The van der Waals surface area contributed by atoms with E-state index in [9.17, 15) is 4.79 Å². The van der Waals surface area contributed by atoms with Crippen LogP contribution in [-0.2, 0) is 4.79 Å². The summed E-state index contributed by atoms with van der Waals surface area (Å²) in [6, 6.07) is 7.19. The van der Waals surface area contributed by atoms with E-state index in [-0.39, 0.29) is 5.70 Å². The fourth-order valence-electron chi connectivity index (χ4n) is 1.06. The molecule has 0 unspecified atom stereocenters. The van der Waals surface area contributed by atoms with Crippen molar-refractivity contribution in [3.05, 3.63) is 34.8 Å². The molecule has 1 aliphatic heterocycles. The highest BCUT2D eigenvalue weighted by molar-refractivity contribution is 6.09. The van der Waals surface area contributed by atoms with E-state index >= 15 is 0 Å². The van der Waals surface area contributed by atoms with E-state index in [1.807, 2.05) is 6.07 Å². The Kier molecular flexibility index (Phi) is 1.06. The molecule has 0 fully saturated rings. The van der Waals surface area contributed by atoms with Crippen LogP contribution in [0.1, 0.15) is 0 Å². The van der Waals surface area contributed by atoms with E-state index in [4.69, 9.17) is 5.11 Å². The first-order valence-electron chi connectivity index (χ1n) is 3.20. The van der Waals surface area contributed by atoms with Gasteiger partial charge >= 0.3 is 5.97 Å². The Morgan fingerprint density at radius 1 is 1.36 bits per heavy atom. The highest BCUT2D eigenvalue weighted by atomic mass is 16.4. The second-order valence-electron chi connectivity index (χ2n) is 2.28. The fraction of sp³-hybridized carbons (Fsp3) is 0. The monoisotopic (exact) mass is 147 g/mol. The number of carboxylic acids is 1. The quantitative estimate of drug-likeness (QED) is 0.582. The van der Waals surface area contributed by atoms with Crippen molar-refractivity contribution < 1.29 is 9.90 Å². The summed E-state index contributed by atoms with van der Waals surface area (Å²) in [6.07, 6.45) is 0. The zero-order valence-electron chi connectivity index (χ0n) is 5.61. The molecule has 1 aromatic rings. The lowest BCUT2D eigenvalue weighted by atomic mass is 10.2. The number of carbonyl (C=O) groups is 1. The average Bonchev–Trinajstić information content (AvgIpc) is 1.90. The molecule has 11 heavy (non-hydrogen) atoms. The molecule has 1 N–H and O–H groups in total.